The fourth-order valence-corrected chi connectivity index (χ4v) is 3.99. The van der Waals surface area contributed by atoms with Gasteiger partial charge in [-0.2, -0.15) is 4.31 Å². The van der Waals surface area contributed by atoms with E-state index in [2.05, 4.69) is 0 Å². The minimum absolute atomic E-state index is 0.0212. The highest BCUT2D eigenvalue weighted by atomic mass is 32.2. The standard InChI is InChI=1S/C19H21FN2O3S/c1-14-11-16-5-3-4-6-18(16)22(14)19(23)13-21(26(2,24)25)12-15-7-9-17(20)10-8-15/h3-10,14H,11-13H2,1-2H3/t14-/m1/s1. The third kappa shape index (κ3) is 3.94. The van der Waals surface area contributed by atoms with Crippen LogP contribution >= 0.6 is 0 Å². The zero-order valence-electron chi connectivity index (χ0n) is 14.7. The third-order valence-corrected chi connectivity index (χ3v) is 5.72. The first-order valence-corrected chi connectivity index (χ1v) is 10.2. The summed E-state index contributed by atoms with van der Waals surface area (Å²) >= 11 is 0. The number of amides is 1. The van der Waals surface area contributed by atoms with Crippen molar-refractivity contribution in [1.82, 2.24) is 4.31 Å². The van der Waals surface area contributed by atoms with E-state index in [0.29, 0.717) is 5.56 Å². The molecule has 0 radical (unpaired) electrons. The van der Waals surface area contributed by atoms with Gasteiger partial charge in [0.25, 0.3) is 0 Å². The Labute approximate surface area is 153 Å². The van der Waals surface area contributed by atoms with Crippen molar-refractivity contribution in [2.75, 3.05) is 17.7 Å². The van der Waals surface area contributed by atoms with Crippen molar-refractivity contribution in [1.29, 1.82) is 0 Å². The molecule has 5 nitrogen and oxygen atoms in total. The maximum absolute atomic E-state index is 13.1. The van der Waals surface area contributed by atoms with Crippen LogP contribution in [0, 0.1) is 5.82 Å². The van der Waals surface area contributed by atoms with Crippen LogP contribution < -0.4 is 4.90 Å². The second-order valence-electron chi connectivity index (χ2n) is 6.60. The summed E-state index contributed by atoms with van der Waals surface area (Å²) in [6.07, 6.45) is 1.82. The number of nitrogens with zero attached hydrogens (tertiary/aromatic N) is 2. The van der Waals surface area contributed by atoms with Crippen molar-refractivity contribution in [2.24, 2.45) is 0 Å². The lowest BCUT2D eigenvalue weighted by Gasteiger charge is -2.26. The van der Waals surface area contributed by atoms with Gasteiger partial charge in [0, 0.05) is 18.3 Å². The van der Waals surface area contributed by atoms with E-state index in [1.807, 2.05) is 31.2 Å². The molecule has 0 N–H and O–H groups in total. The Balaban J connectivity index is 1.81. The molecule has 2 aromatic carbocycles. The lowest BCUT2D eigenvalue weighted by Crippen LogP contribution is -2.44. The van der Waals surface area contributed by atoms with E-state index in [1.165, 1.54) is 24.3 Å². The smallest absolute Gasteiger partial charge is 0.242 e. The monoisotopic (exact) mass is 376 g/mol. The van der Waals surface area contributed by atoms with Gasteiger partial charge >= 0.3 is 0 Å². The Hall–Kier alpha value is -2.25. The Morgan fingerprint density at radius 2 is 1.85 bits per heavy atom. The van der Waals surface area contributed by atoms with Crippen molar-refractivity contribution in [3.63, 3.8) is 0 Å². The predicted molar refractivity (Wildman–Crippen MR) is 98.7 cm³/mol. The molecule has 1 amide bonds. The van der Waals surface area contributed by atoms with Crippen LogP contribution in [0.3, 0.4) is 0 Å². The van der Waals surface area contributed by atoms with E-state index >= 15 is 0 Å². The predicted octanol–water partition coefficient (Wildman–Crippen LogP) is 2.57. The largest absolute Gasteiger partial charge is 0.308 e. The Morgan fingerprint density at radius 3 is 2.50 bits per heavy atom. The summed E-state index contributed by atoms with van der Waals surface area (Å²) in [7, 11) is -3.60. The van der Waals surface area contributed by atoms with Crippen molar-refractivity contribution in [2.45, 2.75) is 25.9 Å². The first kappa shape index (κ1) is 18.5. The number of benzene rings is 2. The van der Waals surface area contributed by atoms with Crippen molar-refractivity contribution in [3.8, 4) is 0 Å². The highest BCUT2D eigenvalue weighted by Crippen LogP contribution is 2.32. The fourth-order valence-electron chi connectivity index (χ4n) is 3.26. The van der Waals surface area contributed by atoms with E-state index in [-0.39, 0.29) is 25.0 Å². The van der Waals surface area contributed by atoms with Gasteiger partial charge in [-0.15, -0.1) is 0 Å². The number of hydrogen-bond donors (Lipinski definition) is 0. The number of rotatable bonds is 5. The van der Waals surface area contributed by atoms with Crippen molar-refractivity contribution >= 4 is 21.6 Å². The molecule has 7 heteroatoms. The van der Waals surface area contributed by atoms with Gasteiger partial charge in [0.2, 0.25) is 15.9 Å². The van der Waals surface area contributed by atoms with Crippen LogP contribution in [0.2, 0.25) is 0 Å². The fraction of sp³-hybridized carbons (Fsp3) is 0.316. The maximum atomic E-state index is 13.1. The number of carbonyl (C=O) groups is 1. The highest BCUT2D eigenvalue weighted by Gasteiger charge is 2.32. The average molecular weight is 376 g/mol. The number of sulfonamides is 1. The molecule has 0 aromatic heterocycles. The SMILES string of the molecule is C[C@@H]1Cc2ccccc2N1C(=O)CN(Cc1ccc(F)cc1)S(C)(=O)=O. The molecule has 1 aliphatic rings. The maximum Gasteiger partial charge on any atom is 0.242 e. The van der Waals surface area contributed by atoms with Crippen LogP contribution in [0.25, 0.3) is 0 Å². The van der Waals surface area contributed by atoms with Crippen molar-refractivity contribution in [3.05, 3.63) is 65.5 Å². The summed E-state index contributed by atoms with van der Waals surface area (Å²) < 4.78 is 38.5. The van der Waals surface area contributed by atoms with Crippen LogP contribution in [-0.4, -0.2) is 37.5 Å². The zero-order chi connectivity index (χ0) is 18.9. The van der Waals surface area contributed by atoms with Gasteiger partial charge in [-0.05, 0) is 42.7 Å². The second-order valence-corrected chi connectivity index (χ2v) is 8.59. The molecule has 3 rings (SSSR count). The molecule has 0 fully saturated rings. The lowest BCUT2D eigenvalue weighted by atomic mass is 10.1. The molecule has 0 spiro atoms. The van der Waals surface area contributed by atoms with Crippen LogP contribution in [0.4, 0.5) is 10.1 Å². The molecule has 26 heavy (non-hydrogen) atoms. The van der Waals surface area contributed by atoms with Gasteiger partial charge in [0.1, 0.15) is 5.82 Å². The first-order valence-electron chi connectivity index (χ1n) is 8.35. The summed E-state index contributed by atoms with van der Waals surface area (Å²) in [6.45, 7) is 1.71. The molecule has 1 aliphatic heterocycles. The Bertz CT molecular complexity index is 913. The Morgan fingerprint density at radius 1 is 1.19 bits per heavy atom. The number of fused-ring (bicyclic) bond motifs is 1. The third-order valence-electron chi connectivity index (χ3n) is 4.53. The van der Waals surface area contributed by atoms with E-state index in [0.717, 1.165) is 28.2 Å². The van der Waals surface area contributed by atoms with Crippen LogP contribution in [0.1, 0.15) is 18.1 Å². The van der Waals surface area contributed by atoms with E-state index < -0.39 is 15.8 Å². The average Bonchev–Trinajstić information content (AvgIpc) is 2.91. The molecule has 138 valence electrons. The van der Waals surface area contributed by atoms with E-state index in [9.17, 15) is 17.6 Å². The molecule has 0 saturated heterocycles. The molecule has 0 saturated carbocycles. The number of halogens is 1. The molecular formula is C19H21FN2O3S. The molecular weight excluding hydrogens is 355 g/mol. The summed E-state index contributed by atoms with van der Waals surface area (Å²) in [6, 6.07) is 13.2. The summed E-state index contributed by atoms with van der Waals surface area (Å²) in [4.78, 5) is 14.5. The molecule has 0 unspecified atom stereocenters. The molecule has 2 aromatic rings. The first-order chi connectivity index (χ1) is 12.3. The summed E-state index contributed by atoms with van der Waals surface area (Å²) in [5.41, 5.74) is 2.54. The van der Waals surface area contributed by atoms with Gasteiger partial charge < -0.3 is 4.90 Å². The Kier molecular flexibility index (Phi) is 5.11. The quantitative estimate of drug-likeness (QED) is 0.806. The van der Waals surface area contributed by atoms with E-state index in [1.54, 1.807) is 4.90 Å². The van der Waals surface area contributed by atoms with Gasteiger partial charge in [0.05, 0.1) is 12.8 Å². The highest BCUT2D eigenvalue weighted by molar-refractivity contribution is 7.88. The molecule has 0 aliphatic carbocycles. The van der Waals surface area contributed by atoms with Crippen LogP contribution in [0.15, 0.2) is 48.5 Å². The summed E-state index contributed by atoms with van der Waals surface area (Å²) in [5.74, 6) is -0.659. The summed E-state index contributed by atoms with van der Waals surface area (Å²) in [5, 5.41) is 0. The second kappa shape index (κ2) is 7.17. The van der Waals surface area contributed by atoms with Gasteiger partial charge in [-0.1, -0.05) is 30.3 Å². The van der Waals surface area contributed by atoms with Crippen molar-refractivity contribution < 1.29 is 17.6 Å². The molecule has 0 bridgehead atoms. The zero-order valence-corrected chi connectivity index (χ0v) is 15.5. The van der Waals surface area contributed by atoms with Crippen LogP contribution in [-0.2, 0) is 27.8 Å². The number of para-hydroxylation sites is 1. The molecule has 1 atom stereocenters. The molecule has 1 heterocycles. The minimum Gasteiger partial charge on any atom is -0.308 e. The number of carbonyl (C=O) groups excluding carboxylic acids is 1. The van der Waals surface area contributed by atoms with Crippen LogP contribution in [0.5, 0.6) is 0 Å². The van der Waals surface area contributed by atoms with Gasteiger partial charge in [0.15, 0.2) is 0 Å². The topological polar surface area (TPSA) is 57.7 Å². The van der Waals surface area contributed by atoms with Gasteiger partial charge in [-0.25, -0.2) is 12.8 Å². The minimum atomic E-state index is -3.60. The van der Waals surface area contributed by atoms with E-state index in [4.69, 9.17) is 0 Å². The number of hydrogen-bond acceptors (Lipinski definition) is 3. The van der Waals surface area contributed by atoms with Gasteiger partial charge in [-0.3, -0.25) is 4.79 Å². The normalized spacial score (nSPS) is 16.8. The number of anilines is 1. The lowest BCUT2D eigenvalue weighted by molar-refractivity contribution is -0.119.